The van der Waals surface area contributed by atoms with Gasteiger partial charge in [0.15, 0.2) is 23.3 Å². The number of benzene rings is 1. The summed E-state index contributed by atoms with van der Waals surface area (Å²) in [7, 11) is 0. The summed E-state index contributed by atoms with van der Waals surface area (Å²) in [6.45, 7) is 2.20. The van der Waals surface area contributed by atoms with E-state index in [9.17, 15) is 23.6 Å². The molecule has 2 N–H and O–H groups in total. The van der Waals surface area contributed by atoms with E-state index < -0.39 is 60.0 Å². The summed E-state index contributed by atoms with van der Waals surface area (Å²) in [5.74, 6) is -3.17. The molecule has 12 nitrogen and oxygen atoms in total. The molecule has 5 heterocycles. The van der Waals surface area contributed by atoms with Crippen LogP contribution in [0.5, 0.6) is 0 Å². The number of hydrogen-bond acceptors (Lipinski definition) is 9. The number of hydrogen-bond donors (Lipinski definition) is 2. The Bertz CT molecular complexity index is 1330. The molecule has 4 atom stereocenters. The van der Waals surface area contributed by atoms with Crippen LogP contribution in [-0.4, -0.2) is 73.2 Å². The number of amides is 5. The van der Waals surface area contributed by atoms with E-state index in [1.807, 2.05) is 0 Å². The van der Waals surface area contributed by atoms with Gasteiger partial charge < -0.3 is 18.9 Å². The van der Waals surface area contributed by atoms with Crippen molar-refractivity contribution < 1.29 is 42.0 Å². The predicted octanol–water partition coefficient (Wildman–Crippen LogP) is 0.516. The minimum absolute atomic E-state index is 0.0548. The average Bonchev–Trinajstić information content (AvgIpc) is 3.39. The van der Waals surface area contributed by atoms with Gasteiger partial charge in [0.1, 0.15) is 13.3 Å². The smallest absolute Gasteiger partial charge is 0.328 e. The van der Waals surface area contributed by atoms with Crippen LogP contribution in [0.15, 0.2) is 10.6 Å². The second kappa shape index (κ2) is 7.67. The Morgan fingerprint density at radius 1 is 1.19 bits per heavy atom. The molecule has 36 heavy (non-hydrogen) atoms. The van der Waals surface area contributed by atoms with Gasteiger partial charge in [0.25, 0.3) is 5.91 Å². The van der Waals surface area contributed by atoms with Crippen molar-refractivity contribution in [2.75, 3.05) is 29.6 Å². The number of aromatic nitrogens is 1. The van der Waals surface area contributed by atoms with Crippen molar-refractivity contribution in [2.45, 2.75) is 44.7 Å². The third kappa shape index (κ3) is 2.88. The van der Waals surface area contributed by atoms with Crippen LogP contribution < -0.4 is 20.4 Å². The summed E-state index contributed by atoms with van der Waals surface area (Å²) in [6, 6.07) is -0.410. The van der Waals surface area contributed by atoms with Crippen molar-refractivity contribution in [1.82, 2.24) is 15.8 Å². The molecule has 4 aliphatic rings. The predicted molar refractivity (Wildman–Crippen MR) is 116 cm³/mol. The van der Waals surface area contributed by atoms with Crippen LogP contribution in [0.1, 0.15) is 19.4 Å². The summed E-state index contributed by atoms with van der Waals surface area (Å²) in [5, 5.41) is 8.21. The fraction of sp³-hybridized carbons (Fsp3) is 0.500. The minimum atomic E-state index is -1.81. The van der Waals surface area contributed by atoms with Crippen LogP contribution in [0.25, 0.3) is 11.0 Å². The largest absolute Gasteiger partial charge is 0.372 e. The molecule has 14 heteroatoms. The van der Waals surface area contributed by atoms with Crippen LogP contribution in [0, 0.1) is 11.2 Å². The molecular weight excluding hydrogens is 484 g/mol. The summed E-state index contributed by atoms with van der Waals surface area (Å²) in [6.07, 6.45) is -2.58. The minimum Gasteiger partial charge on any atom is -0.372 e. The maximum atomic E-state index is 16.1. The first-order valence-corrected chi connectivity index (χ1v) is 11.4. The number of carbonyl (C=O) groups is 4. The molecule has 0 unspecified atom stereocenters. The van der Waals surface area contributed by atoms with Gasteiger partial charge in [0.05, 0.1) is 29.3 Å². The second-order valence-corrected chi connectivity index (χ2v) is 9.40. The third-order valence-corrected chi connectivity index (χ3v) is 7.26. The Balaban J connectivity index is 1.57. The Kier molecular flexibility index (Phi) is 4.86. The average molecular weight is 505 g/mol. The third-order valence-electron chi connectivity index (χ3n) is 7.26. The summed E-state index contributed by atoms with van der Waals surface area (Å²) < 4.78 is 45.9. The lowest BCUT2D eigenvalue weighted by Crippen LogP contribution is -2.75. The molecule has 1 aromatic carbocycles. The highest BCUT2D eigenvalue weighted by Crippen LogP contribution is 2.49. The maximum Gasteiger partial charge on any atom is 0.328 e. The van der Waals surface area contributed by atoms with E-state index in [1.54, 1.807) is 18.7 Å². The Hall–Kier alpha value is -3.65. The number of alkyl halides is 1. The van der Waals surface area contributed by atoms with Gasteiger partial charge in [-0.2, -0.15) is 0 Å². The van der Waals surface area contributed by atoms with Crippen LogP contribution in [0.4, 0.5) is 25.1 Å². The van der Waals surface area contributed by atoms with E-state index in [4.69, 9.17) is 14.0 Å². The number of nitrogens with zero attached hydrogens (tertiary/aromatic N) is 3. The standard InChI is InChI=1S/C22H21F2N5O7/c1-8-6-28-15-10(4-22(17(28)9(2)35-8)19(31)25-21(33)26-20(22)32)3-11-16(14(15)24)36-27-18(11)29-12(30)7-34-13(29)5-23/h3,8-9,13,17H,4-7H2,1-2H3,(H2,25,26,31,32,33)/t8-,9+,13-,17-/m1/s1. The molecule has 0 aliphatic carbocycles. The summed E-state index contributed by atoms with van der Waals surface area (Å²) >= 11 is 0. The first-order chi connectivity index (χ1) is 17.2. The van der Waals surface area contributed by atoms with E-state index in [2.05, 4.69) is 15.8 Å². The first kappa shape index (κ1) is 22.8. The van der Waals surface area contributed by atoms with E-state index in [1.165, 1.54) is 6.07 Å². The van der Waals surface area contributed by atoms with E-state index in [-0.39, 0.29) is 53.7 Å². The molecule has 1 aromatic heterocycles. The van der Waals surface area contributed by atoms with Crippen molar-refractivity contribution in [3.05, 3.63) is 17.4 Å². The van der Waals surface area contributed by atoms with Crippen molar-refractivity contribution in [3.8, 4) is 0 Å². The highest BCUT2D eigenvalue weighted by atomic mass is 19.1. The number of nitrogens with one attached hydrogen (secondary N) is 2. The molecule has 0 saturated carbocycles. The number of fused-ring (bicyclic) bond motifs is 5. The van der Waals surface area contributed by atoms with Gasteiger partial charge >= 0.3 is 6.03 Å². The van der Waals surface area contributed by atoms with E-state index in [0.29, 0.717) is 0 Å². The van der Waals surface area contributed by atoms with Crippen LogP contribution in [-0.2, 0) is 30.3 Å². The quantitative estimate of drug-likeness (QED) is 0.558. The number of anilines is 2. The number of morpholine rings is 1. The number of carbonyl (C=O) groups excluding carboxylic acids is 4. The number of ether oxygens (including phenoxy) is 2. The van der Waals surface area contributed by atoms with Gasteiger partial charge in [-0.05, 0) is 25.5 Å². The van der Waals surface area contributed by atoms with Gasteiger partial charge in [-0.15, -0.1) is 0 Å². The number of barbiturate groups is 1. The van der Waals surface area contributed by atoms with Crippen molar-refractivity contribution in [3.63, 3.8) is 0 Å². The van der Waals surface area contributed by atoms with E-state index >= 15 is 4.39 Å². The van der Waals surface area contributed by atoms with Crippen LogP contribution in [0.2, 0.25) is 0 Å². The zero-order valence-corrected chi connectivity index (χ0v) is 19.2. The SMILES string of the molecule is C[C@@H]1CN2c3c(cc4c(N5C(=O)CO[C@@H]5CF)noc4c3F)CC3(C(=O)NC(=O)NC3=O)[C@H]2[C@H](C)O1. The molecule has 3 saturated heterocycles. The van der Waals surface area contributed by atoms with Crippen molar-refractivity contribution in [2.24, 2.45) is 5.41 Å². The fourth-order valence-corrected chi connectivity index (χ4v) is 5.95. The lowest BCUT2D eigenvalue weighted by molar-refractivity contribution is -0.153. The normalized spacial score (nSPS) is 29.4. The van der Waals surface area contributed by atoms with Crippen molar-refractivity contribution >= 4 is 46.2 Å². The highest BCUT2D eigenvalue weighted by Gasteiger charge is 2.63. The zero-order valence-electron chi connectivity index (χ0n) is 19.2. The van der Waals surface area contributed by atoms with Gasteiger partial charge in [0, 0.05) is 13.0 Å². The molecule has 4 aliphatic heterocycles. The zero-order chi connectivity index (χ0) is 25.5. The van der Waals surface area contributed by atoms with Gasteiger partial charge in [-0.1, -0.05) is 5.16 Å². The van der Waals surface area contributed by atoms with Crippen LogP contribution in [0.3, 0.4) is 0 Å². The molecule has 6 rings (SSSR count). The monoisotopic (exact) mass is 505 g/mol. The number of halogens is 2. The molecule has 0 bridgehead atoms. The Labute approximate surface area is 201 Å². The Morgan fingerprint density at radius 2 is 1.92 bits per heavy atom. The lowest BCUT2D eigenvalue weighted by atomic mass is 9.66. The Morgan fingerprint density at radius 3 is 2.61 bits per heavy atom. The molecule has 0 radical (unpaired) electrons. The molecule has 1 spiro atoms. The highest BCUT2D eigenvalue weighted by molar-refractivity contribution is 6.20. The topological polar surface area (TPSA) is 143 Å². The maximum absolute atomic E-state index is 16.1. The summed E-state index contributed by atoms with van der Waals surface area (Å²) in [5.41, 5.74) is -1.72. The first-order valence-electron chi connectivity index (χ1n) is 11.4. The number of rotatable bonds is 2. The lowest BCUT2D eigenvalue weighted by Gasteiger charge is -2.55. The van der Waals surface area contributed by atoms with Gasteiger partial charge in [-0.3, -0.25) is 29.9 Å². The number of urea groups is 1. The summed E-state index contributed by atoms with van der Waals surface area (Å²) in [4.78, 5) is 53.3. The molecule has 2 aromatic rings. The van der Waals surface area contributed by atoms with Crippen LogP contribution >= 0.6 is 0 Å². The molecule has 3 fully saturated rings. The fourth-order valence-electron chi connectivity index (χ4n) is 5.95. The second-order valence-electron chi connectivity index (χ2n) is 9.40. The van der Waals surface area contributed by atoms with Gasteiger partial charge in [-0.25, -0.2) is 13.6 Å². The van der Waals surface area contributed by atoms with Crippen molar-refractivity contribution in [1.29, 1.82) is 0 Å². The van der Waals surface area contributed by atoms with Gasteiger partial charge in [0.2, 0.25) is 17.4 Å². The molecular formula is C22H21F2N5O7. The van der Waals surface area contributed by atoms with E-state index in [0.717, 1.165) is 4.90 Å². The molecule has 5 amide bonds. The number of imide groups is 2. The molecule has 190 valence electrons.